The van der Waals surface area contributed by atoms with Crippen molar-refractivity contribution in [3.63, 3.8) is 0 Å². The highest BCUT2D eigenvalue weighted by Crippen LogP contribution is 2.27. The summed E-state index contributed by atoms with van der Waals surface area (Å²) in [5, 5.41) is 3.74. The molecule has 1 amide bonds. The van der Waals surface area contributed by atoms with Gasteiger partial charge in [-0.1, -0.05) is 46.3 Å². The van der Waals surface area contributed by atoms with Crippen molar-refractivity contribution in [2.45, 2.75) is 13.8 Å². The van der Waals surface area contributed by atoms with Crippen LogP contribution in [0.5, 0.6) is 0 Å². The number of aryl methyl sites for hydroxylation is 2. The number of para-hydroxylation sites is 1. The van der Waals surface area contributed by atoms with Crippen LogP contribution in [0.1, 0.15) is 21.6 Å². The standard InChI is InChI=1S/C23H18BrN3O/c1-14-10-15(2)25-22(11-14)27-23(28)19-13-21(16-6-5-7-17(24)12-16)26-20-9-4-3-8-18(19)20/h3-13H,1-2H3,(H,25,27,28). The van der Waals surface area contributed by atoms with Crippen molar-refractivity contribution >= 4 is 38.6 Å². The third kappa shape index (κ3) is 3.80. The molecule has 28 heavy (non-hydrogen) atoms. The number of carbonyl (C=O) groups is 1. The Labute approximate surface area is 171 Å². The molecular formula is C23H18BrN3O. The number of fused-ring (bicyclic) bond motifs is 1. The van der Waals surface area contributed by atoms with E-state index in [2.05, 4.69) is 26.2 Å². The summed E-state index contributed by atoms with van der Waals surface area (Å²) in [6.45, 7) is 3.90. The number of pyridine rings is 2. The topological polar surface area (TPSA) is 54.9 Å². The van der Waals surface area contributed by atoms with Gasteiger partial charge in [-0.15, -0.1) is 0 Å². The predicted molar refractivity (Wildman–Crippen MR) is 117 cm³/mol. The van der Waals surface area contributed by atoms with E-state index in [4.69, 9.17) is 4.98 Å². The Kier molecular flexibility index (Phi) is 4.92. The minimum Gasteiger partial charge on any atom is -0.307 e. The molecule has 0 aliphatic carbocycles. The van der Waals surface area contributed by atoms with Crippen molar-refractivity contribution in [3.8, 4) is 11.3 Å². The van der Waals surface area contributed by atoms with Gasteiger partial charge < -0.3 is 5.32 Å². The lowest BCUT2D eigenvalue weighted by Crippen LogP contribution is -2.14. The molecule has 0 saturated heterocycles. The number of rotatable bonds is 3. The van der Waals surface area contributed by atoms with Gasteiger partial charge in [-0.25, -0.2) is 9.97 Å². The van der Waals surface area contributed by atoms with E-state index in [9.17, 15) is 4.79 Å². The highest BCUT2D eigenvalue weighted by Gasteiger charge is 2.15. The fourth-order valence-corrected chi connectivity index (χ4v) is 3.65. The summed E-state index contributed by atoms with van der Waals surface area (Å²) >= 11 is 3.50. The Hall–Kier alpha value is -3.05. The van der Waals surface area contributed by atoms with Crippen LogP contribution in [0.25, 0.3) is 22.2 Å². The van der Waals surface area contributed by atoms with Gasteiger partial charge in [0.15, 0.2) is 0 Å². The maximum absolute atomic E-state index is 13.1. The Morgan fingerprint density at radius 1 is 0.929 bits per heavy atom. The van der Waals surface area contributed by atoms with Crippen molar-refractivity contribution in [2.75, 3.05) is 5.32 Å². The van der Waals surface area contributed by atoms with Crippen LogP contribution in [-0.4, -0.2) is 15.9 Å². The first-order valence-corrected chi connectivity index (χ1v) is 9.71. The van der Waals surface area contributed by atoms with Crippen LogP contribution in [0, 0.1) is 13.8 Å². The summed E-state index contributed by atoms with van der Waals surface area (Å²) in [7, 11) is 0. The van der Waals surface area contributed by atoms with Crippen LogP contribution in [-0.2, 0) is 0 Å². The number of nitrogens with one attached hydrogen (secondary N) is 1. The zero-order chi connectivity index (χ0) is 19.7. The summed E-state index contributed by atoms with van der Waals surface area (Å²) in [6, 6.07) is 21.2. The van der Waals surface area contributed by atoms with E-state index < -0.39 is 0 Å². The van der Waals surface area contributed by atoms with Gasteiger partial charge in [-0.05, 0) is 55.8 Å². The van der Waals surface area contributed by atoms with Crippen LogP contribution >= 0.6 is 15.9 Å². The van der Waals surface area contributed by atoms with Gasteiger partial charge >= 0.3 is 0 Å². The number of hydrogen-bond donors (Lipinski definition) is 1. The number of aromatic nitrogens is 2. The third-order valence-electron chi connectivity index (χ3n) is 4.42. The molecule has 0 radical (unpaired) electrons. The van der Waals surface area contributed by atoms with E-state index in [-0.39, 0.29) is 5.91 Å². The van der Waals surface area contributed by atoms with Crippen LogP contribution in [0.15, 0.2) is 71.2 Å². The molecule has 4 aromatic rings. The van der Waals surface area contributed by atoms with Crippen LogP contribution in [0.2, 0.25) is 0 Å². The Morgan fingerprint density at radius 2 is 1.75 bits per heavy atom. The molecule has 138 valence electrons. The van der Waals surface area contributed by atoms with E-state index in [0.29, 0.717) is 11.4 Å². The summed E-state index contributed by atoms with van der Waals surface area (Å²) in [6.07, 6.45) is 0. The highest BCUT2D eigenvalue weighted by atomic mass is 79.9. The lowest BCUT2D eigenvalue weighted by molar-refractivity contribution is 0.102. The van der Waals surface area contributed by atoms with Gasteiger partial charge in [0.25, 0.3) is 5.91 Å². The Balaban J connectivity index is 1.81. The quantitative estimate of drug-likeness (QED) is 0.437. The number of carbonyl (C=O) groups excluding carboxylic acids is 1. The number of amides is 1. The van der Waals surface area contributed by atoms with Gasteiger partial charge in [0.1, 0.15) is 5.82 Å². The minimum absolute atomic E-state index is 0.202. The minimum atomic E-state index is -0.202. The first-order valence-electron chi connectivity index (χ1n) is 8.92. The molecule has 0 bridgehead atoms. The predicted octanol–water partition coefficient (Wildman–Crippen LogP) is 5.93. The van der Waals surface area contributed by atoms with Crippen LogP contribution < -0.4 is 5.32 Å². The molecule has 0 aliphatic heterocycles. The lowest BCUT2D eigenvalue weighted by Gasteiger charge is -2.11. The smallest absolute Gasteiger partial charge is 0.257 e. The number of anilines is 1. The second-order valence-corrected chi connectivity index (χ2v) is 7.62. The monoisotopic (exact) mass is 431 g/mol. The maximum atomic E-state index is 13.1. The fraction of sp³-hybridized carbons (Fsp3) is 0.0870. The largest absolute Gasteiger partial charge is 0.307 e. The van der Waals surface area contributed by atoms with E-state index in [1.165, 1.54) is 0 Å². The van der Waals surface area contributed by atoms with Crippen LogP contribution in [0.4, 0.5) is 5.82 Å². The van der Waals surface area contributed by atoms with Gasteiger partial charge in [0.2, 0.25) is 0 Å². The highest BCUT2D eigenvalue weighted by molar-refractivity contribution is 9.10. The van der Waals surface area contributed by atoms with Crippen LogP contribution in [0.3, 0.4) is 0 Å². The zero-order valence-electron chi connectivity index (χ0n) is 15.5. The molecule has 0 atom stereocenters. The molecule has 2 aromatic carbocycles. The van der Waals surface area contributed by atoms with Gasteiger partial charge in [-0.2, -0.15) is 0 Å². The Morgan fingerprint density at radius 3 is 2.54 bits per heavy atom. The second kappa shape index (κ2) is 7.52. The average molecular weight is 432 g/mol. The first kappa shape index (κ1) is 18.3. The molecule has 4 rings (SSSR count). The Bertz CT molecular complexity index is 1180. The molecule has 0 spiro atoms. The zero-order valence-corrected chi connectivity index (χ0v) is 17.1. The summed E-state index contributed by atoms with van der Waals surface area (Å²) in [5.41, 5.74) is 4.96. The van der Waals surface area contributed by atoms with E-state index in [1.54, 1.807) is 0 Å². The number of benzene rings is 2. The summed E-state index contributed by atoms with van der Waals surface area (Å²) in [4.78, 5) is 22.3. The van der Waals surface area contributed by atoms with Crippen molar-refractivity contribution in [1.82, 2.24) is 9.97 Å². The van der Waals surface area contributed by atoms with Crippen molar-refractivity contribution in [2.24, 2.45) is 0 Å². The third-order valence-corrected chi connectivity index (χ3v) is 4.91. The first-order chi connectivity index (χ1) is 13.5. The number of hydrogen-bond acceptors (Lipinski definition) is 3. The molecule has 2 heterocycles. The van der Waals surface area contributed by atoms with Crippen molar-refractivity contribution in [3.05, 3.63) is 88.0 Å². The van der Waals surface area contributed by atoms with Gasteiger partial charge in [0, 0.05) is 21.1 Å². The molecule has 4 nitrogen and oxygen atoms in total. The SMILES string of the molecule is Cc1cc(C)nc(NC(=O)c2cc(-c3cccc(Br)c3)nc3ccccc23)c1. The molecular weight excluding hydrogens is 414 g/mol. The molecule has 1 N–H and O–H groups in total. The lowest BCUT2D eigenvalue weighted by atomic mass is 10.0. The molecule has 2 aromatic heterocycles. The van der Waals surface area contributed by atoms with Gasteiger partial charge in [0.05, 0.1) is 16.8 Å². The molecule has 5 heteroatoms. The van der Waals surface area contributed by atoms with Gasteiger partial charge in [-0.3, -0.25) is 4.79 Å². The fourth-order valence-electron chi connectivity index (χ4n) is 3.25. The maximum Gasteiger partial charge on any atom is 0.257 e. The molecule has 0 aliphatic rings. The van der Waals surface area contributed by atoms with Crippen molar-refractivity contribution < 1.29 is 4.79 Å². The molecule has 0 saturated carbocycles. The van der Waals surface area contributed by atoms with E-state index in [1.807, 2.05) is 80.6 Å². The van der Waals surface area contributed by atoms with E-state index in [0.717, 1.165) is 37.9 Å². The molecule has 0 unspecified atom stereocenters. The number of nitrogens with zero attached hydrogens (tertiary/aromatic N) is 2. The summed E-state index contributed by atoms with van der Waals surface area (Å²) in [5.74, 6) is 0.347. The second-order valence-electron chi connectivity index (χ2n) is 6.71. The normalized spacial score (nSPS) is 10.8. The van der Waals surface area contributed by atoms with Crippen molar-refractivity contribution in [1.29, 1.82) is 0 Å². The molecule has 0 fully saturated rings. The average Bonchev–Trinajstić information content (AvgIpc) is 2.66. The number of halogens is 1. The summed E-state index contributed by atoms with van der Waals surface area (Å²) < 4.78 is 0.963. The van der Waals surface area contributed by atoms with E-state index >= 15 is 0 Å².